The summed E-state index contributed by atoms with van der Waals surface area (Å²) in [5.41, 5.74) is 4.04. The summed E-state index contributed by atoms with van der Waals surface area (Å²) >= 11 is 0. The van der Waals surface area contributed by atoms with Crippen LogP contribution in [0.1, 0.15) is 16.7 Å². The zero-order valence-corrected chi connectivity index (χ0v) is 9.50. The van der Waals surface area contributed by atoms with Crippen molar-refractivity contribution < 1.29 is 4.74 Å². The van der Waals surface area contributed by atoms with Gasteiger partial charge in [-0.25, -0.2) is 0 Å². The summed E-state index contributed by atoms with van der Waals surface area (Å²) < 4.78 is 5.07. The molecule has 0 fully saturated rings. The Morgan fingerprint density at radius 1 is 1.29 bits per heavy atom. The van der Waals surface area contributed by atoms with Crippen molar-refractivity contribution in [2.24, 2.45) is 0 Å². The minimum Gasteiger partial charge on any atom is -0.369 e. The molecule has 0 spiro atoms. The SMILES string of the molecule is COCN(C)Cc1cc(C)ccc1C. The molecule has 0 atom stereocenters. The van der Waals surface area contributed by atoms with E-state index < -0.39 is 0 Å². The summed E-state index contributed by atoms with van der Waals surface area (Å²) in [5.74, 6) is 0. The molecule has 1 aromatic carbocycles. The van der Waals surface area contributed by atoms with Crippen LogP contribution in [-0.4, -0.2) is 25.8 Å². The van der Waals surface area contributed by atoms with Gasteiger partial charge in [0.15, 0.2) is 0 Å². The highest BCUT2D eigenvalue weighted by Crippen LogP contribution is 2.12. The van der Waals surface area contributed by atoms with Crippen LogP contribution in [0.4, 0.5) is 0 Å². The largest absolute Gasteiger partial charge is 0.369 e. The van der Waals surface area contributed by atoms with E-state index in [1.807, 2.05) is 0 Å². The quantitative estimate of drug-likeness (QED) is 0.680. The lowest BCUT2D eigenvalue weighted by Gasteiger charge is -2.17. The minimum atomic E-state index is 0.674. The van der Waals surface area contributed by atoms with Crippen LogP contribution in [0.15, 0.2) is 18.2 Å². The van der Waals surface area contributed by atoms with Gasteiger partial charge in [0.2, 0.25) is 0 Å². The molecule has 0 amide bonds. The van der Waals surface area contributed by atoms with Crippen molar-refractivity contribution in [3.05, 3.63) is 34.9 Å². The van der Waals surface area contributed by atoms with Gasteiger partial charge in [-0.15, -0.1) is 0 Å². The highest BCUT2D eigenvalue weighted by molar-refractivity contribution is 5.30. The van der Waals surface area contributed by atoms with E-state index >= 15 is 0 Å². The van der Waals surface area contributed by atoms with Gasteiger partial charge >= 0.3 is 0 Å². The molecule has 78 valence electrons. The normalized spacial score (nSPS) is 10.9. The first-order valence-electron chi connectivity index (χ1n) is 4.87. The van der Waals surface area contributed by atoms with Crippen LogP contribution in [0.25, 0.3) is 0 Å². The van der Waals surface area contributed by atoms with E-state index in [0.29, 0.717) is 6.73 Å². The molecule has 0 aromatic heterocycles. The van der Waals surface area contributed by atoms with Gasteiger partial charge < -0.3 is 4.74 Å². The average Bonchev–Trinajstić information content (AvgIpc) is 2.12. The molecule has 2 nitrogen and oxygen atoms in total. The molecule has 0 aliphatic rings. The van der Waals surface area contributed by atoms with Crippen LogP contribution in [-0.2, 0) is 11.3 Å². The predicted octanol–water partition coefficient (Wildman–Crippen LogP) is 2.34. The third-order valence-corrected chi connectivity index (χ3v) is 2.29. The van der Waals surface area contributed by atoms with Crippen molar-refractivity contribution >= 4 is 0 Å². The number of aryl methyl sites for hydroxylation is 2. The molecule has 2 heteroatoms. The van der Waals surface area contributed by atoms with Crippen molar-refractivity contribution in [2.45, 2.75) is 20.4 Å². The minimum absolute atomic E-state index is 0.674. The number of hydrogen-bond acceptors (Lipinski definition) is 2. The maximum absolute atomic E-state index is 5.07. The van der Waals surface area contributed by atoms with Gasteiger partial charge in [-0.3, -0.25) is 4.90 Å². The molecule has 1 aromatic rings. The topological polar surface area (TPSA) is 12.5 Å². The molecule has 0 saturated carbocycles. The number of rotatable bonds is 4. The van der Waals surface area contributed by atoms with E-state index in [1.165, 1.54) is 16.7 Å². The number of methoxy groups -OCH3 is 1. The Hall–Kier alpha value is -0.860. The van der Waals surface area contributed by atoms with Gasteiger partial charge in [0, 0.05) is 13.7 Å². The average molecular weight is 193 g/mol. The molecular formula is C12H19NO. The van der Waals surface area contributed by atoms with Crippen molar-refractivity contribution in [3.63, 3.8) is 0 Å². The Morgan fingerprint density at radius 3 is 2.64 bits per heavy atom. The van der Waals surface area contributed by atoms with Crippen LogP contribution in [0.3, 0.4) is 0 Å². The zero-order chi connectivity index (χ0) is 10.6. The van der Waals surface area contributed by atoms with Crippen molar-refractivity contribution in [1.82, 2.24) is 4.90 Å². The van der Waals surface area contributed by atoms with Gasteiger partial charge in [-0.2, -0.15) is 0 Å². The molecule has 0 aliphatic carbocycles. The van der Waals surface area contributed by atoms with Crippen LogP contribution < -0.4 is 0 Å². The van der Waals surface area contributed by atoms with Gasteiger partial charge in [0.05, 0.1) is 6.73 Å². The van der Waals surface area contributed by atoms with Crippen LogP contribution in [0, 0.1) is 13.8 Å². The summed E-state index contributed by atoms with van der Waals surface area (Å²) in [6.45, 7) is 5.89. The van der Waals surface area contributed by atoms with Gasteiger partial charge in [0.25, 0.3) is 0 Å². The van der Waals surface area contributed by atoms with Crippen molar-refractivity contribution in [1.29, 1.82) is 0 Å². The summed E-state index contributed by atoms with van der Waals surface area (Å²) in [6.07, 6.45) is 0. The van der Waals surface area contributed by atoms with E-state index in [2.05, 4.69) is 44.0 Å². The fourth-order valence-electron chi connectivity index (χ4n) is 1.53. The first kappa shape index (κ1) is 11.2. The van der Waals surface area contributed by atoms with Crippen LogP contribution in [0.5, 0.6) is 0 Å². The fourth-order valence-corrected chi connectivity index (χ4v) is 1.53. The fraction of sp³-hybridized carbons (Fsp3) is 0.500. The van der Waals surface area contributed by atoms with Gasteiger partial charge in [0.1, 0.15) is 0 Å². The molecular weight excluding hydrogens is 174 g/mol. The first-order chi connectivity index (χ1) is 6.63. The van der Waals surface area contributed by atoms with Crippen LogP contribution in [0.2, 0.25) is 0 Å². The molecule has 0 radical (unpaired) electrons. The highest BCUT2D eigenvalue weighted by atomic mass is 16.5. The molecule has 0 bridgehead atoms. The van der Waals surface area contributed by atoms with E-state index in [1.54, 1.807) is 7.11 Å². The molecule has 0 N–H and O–H groups in total. The molecule has 1 rings (SSSR count). The van der Waals surface area contributed by atoms with Gasteiger partial charge in [-0.1, -0.05) is 23.8 Å². The first-order valence-corrected chi connectivity index (χ1v) is 4.87. The standard InChI is InChI=1S/C12H19NO/c1-10-5-6-11(2)12(7-10)8-13(3)9-14-4/h5-7H,8-9H2,1-4H3. The maximum atomic E-state index is 5.07. The lowest BCUT2D eigenvalue weighted by atomic mass is 10.1. The highest BCUT2D eigenvalue weighted by Gasteiger charge is 2.02. The second-order valence-electron chi connectivity index (χ2n) is 3.86. The number of benzene rings is 1. The van der Waals surface area contributed by atoms with E-state index in [0.717, 1.165) is 6.54 Å². The van der Waals surface area contributed by atoms with E-state index in [-0.39, 0.29) is 0 Å². The van der Waals surface area contributed by atoms with E-state index in [4.69, 9.17) is 4.74 Å². The summed E-state index contributed by atoms with van der Waals surface area (Å²) in [7, 11) is 3.78. The second-order valence-corrected chi connectivity index (χ2v) is 3.86. The number of ether oxygens (including phenoxy) is 1. The molecule has 14 heavy (non-hydrogen) atoms. The zero-order valence-electron chi connectivity index (χ0n) is 9.50. The third-order valence-electron chi connectivity index (χ3n) is 2.29. The molecule has 0 heterocycles. The Bertz CT molecular complexity index is 296. The van der Waals surface area contributed by atoms with Crippen LogP contribution >= 0.6 is 0 Å². The molecule has 0 unspecified atom stereocenters. The summed E-state index contributed by atoms with van der Waals surface area (Å²) in [4.78, 5) is 2.15. The lowest BCUT2D eigenvalue weighted by molar-refractivity contribution is 0.0770. The second kappa shape index (κ2) is 5.13. The Morgan fingerprint density at radius 2 is 2.00 bits per heavy atom. The maximum Gasteiger partial charge on any atom is 0.0986 e. The van der Waals surface area contributed by atoms with Crippen molar-refractivity contribution in [2.75, 3.05) is 20.9 Å². The third kappa shape index (κ3) is 3.13. The summed E-state index contributed by atoms with van der Waals surface area (Å²) in [5, 5.41) is 0. The lowest BCUT2D eigenvalue weighted by Crippen LogP contribution is -2.20. The Balaban J connectivity index is 2.70. The van der Waals surface area contributed by atoms with Gasteiger partial charge in [-0.05, 0) is 32.0 Å². The van der Waals surface area contributed by atoms with Crippen molar-refractivity contribution in [3.8, 4) is 0 Å². The number of nitrogens with zero attached hydrogens (tertiary/aromatic N) is 1. The monoisotopic (exact) mass is 193 g/mol. The predicted molar refractivity (Wildman–Crippen MR) is 59.3 cm³/mol. The smallest absolute Gasteiger partial charge is 0.0986 e. The summed E-state index contributed by atoms with van der Waals surface area (Å²) in [6, 6.07) is 6.56. The molecule has 0 saturated heterocycles. The Kier molecular flexibility index (Phi) is 4.11. The molecule has 0 aliphatic heterocycles. The number of hydrogen-bond donors (Lipinski definition) is 0. The Labute approximate surface area is 86.5 Å². The van der Waals surface area contributed by atoms with E-state index in [9.17, 15) is 0 Å².